The van der Waals surface area contributed by atoms with Crippen LogP contribution < -0.4 is 4.74 Å². The van der Waals surface area contributed by atoms with Gasteiger partial charge < -0.3 is 9.84 Å². The van der Waals surface area contributed by atoms with Gasteiger partial charge in [0.25, 0.3) is 0 Å². The van der Waals surface area contributed by atoms with Crippen molar-refractivity contribution in [2.24, 2.45) is 0 Å². The van der Waals surface area contributed by atoms with Crippen LogP contribution in [0, 0.1) is 0 Å². The minimum atomic E-state index is -0.972. The van der Waals surface area contributed by atoms with Crippen LogP contribution in [0.25, 0.3) is 0 Å². The zero-order valence-electron chi connectivity index (χ0n) is 12.6. The lowest BCUT2D eigenvalue weighted by Gasteiger charge is -2.06. The first-order valence-electron chi connectivity index (χ1n) is 7.61. The van der Waals surface area contributed by atoms with Crippen LogP contribution in [0.2, 0.25) is 0 Å². The largest absolute Gasteiger partial charge is 0.486 e. The molecule has 21 heavy (non-hydrogen) atoms. The molecule has 0 radical (unpaired) electrons. The second-order valence-electron chi connectivity index (χ2n) is 5.17. The molecule has 1 rings (SSSR count). The number of benzene rings is 1. The van der Waals surface area contributed by atoms with Crippen molar-refractivity contribution in [1.29, 1.82) is 0 Å². The van der Waals surface area contributed by atoms with Crippen LogP contribution in [0.1, 0.15) is 62.2 Å². The number of ether oxygens (including phenoxy) is 1. The monoisotopic (exact) mass is 292 g/mol. The van der Waals surface area contributed by atoms with E-state index < -0.39 is 5.97 Å². The Morgan fingerprint density at radius 2 is 1.62 bits per heavy atom. The van der Waals surface area contributed by atoms with Gasteiger partial charge in [-0.2, -0.15) is 0 Å². The molecule has 0 unspecified atom stereocenters. The molecule has 0 bridgehead atoms. The van der Waals surface area contributed by atoms with Gasteiger partial charge in [-0.25, -0.2) is 4.79 Å². The molecule has 0 amide bonds. The van der Waals surface area contributed by atoms with Crippen LogP contribution in [0.15, 0.2) is 24.3 Å². The molecule has 116 valence electrons. The van der Waals surface area contributed by atoms with Gasteiger partial charge in [-0.15, -0.1) is 0 Å². The topological polar surface area (TPSA) is 63.6 Å². The fourth-order valence-electron chi connectivity index (χ4n) is 2.03. The van der Waals surface area contributed by atoms with Crippen molar-refractivity contribution in [2.45, 2.75) is 51.9 Å². The number of hydrogen-bond acceptors (Lipinski definition) is 3. The van der Waals surface area contributed by atoms with Crippen molar-refractivity contribution in [2.75, 3.05) is 6.61 Å². The molecule has 0 saturated carbocycles. The Kier molecular flexibility index (Phi) is 8.17. The van der Waals surface area contributed by atoms with Crippen LogP contribution in [-0.4, -0.2) is 23.5 Å². The highest BCUT2D eigenvalue weighted by Crippen LogP contribution is 2.13. The first-order chi connectivity index (χ1) is 10.1. The molecule has 4 nitrogen and oxygen atoms in total. The van der Waals surface area contributed by atoms with Gasteiger partial charge in [-0.3, -0.25) is 4.79 Å². The van der Waals surface area contributed by atoms with Crippen molar-refractivity contribution >= 4 is 11.8 Å². The molecule has 1 N–H and O–H groups in total. The average molecular weight is 292 g/mol. The Hall–Kier alpha value is -1.84. The Labute approximate surface area is 126 Å². The third-order valence-electron chi connectivity index (χ3n) is 3.31. The molecule has 0 spiro atoms. The number of ketones is 1. The van der Waals surface area contributed by atoms with Gasteiger partial charge in [0, 0.05) is 6.42 Å². The summed E-state index contributed by atoms with van der Waals surface area (Å²) in [6.07, 6.45) is 7.51. The fraction of sp³-hybridized carbons (Fsp3) is 0.529. The molecule has 0 saturated heterocycles. The van der Waals surface area contributed by atoms with Crippen molar-refractivity contribution in [3.63, 3.8) is 0 Å². The molecule has 0 aliphatic heterocycles. The maximum absolute atomic E-state index is 11.7. The Morgan fingerprint density at radius 3 is 2.24 bits per heavy atom. The predicted molar refractivity (Wildman–Crippen MR) is 81.9 cm³/mol. The van der Waals surface area contributed by atoms with E-state index in [1.165, 1.54) is 37.8 Å². The van der Waals surface area contributed by atoms with Crippen molar-refractivity contribution in [3.8, 4) is 5.75 Å². The fourth-order valence-corrected chi connectivity index (χ4v) is 2.03. The van der Waals surface area contributed by atoms with Crippen LogP contribution in [0.3, 0.4) is 0 Å². The second-order valence-corrected chi connectivity index (χ2v) is 5.17. The normalized spacial score (nSPS) is 10.3. The van der Waals surface area contributed by atoms with Gasteiger partial charge in [0.1, 0.15) is 12.4 Å². The summed E-state index contributed by atoms with van der Waals surface area (Å²) in [5, 5.41) is 8.77. The number of rotatable bonds is 11. The van der Waals surface area contributed by atoms with E-state index in [0.29, 0.717) is 12.2 Å². The minimum absolute atomic E-state index is 0.0569. The summed E-state index contributed by atoms with van der Waals surface area (Å²) in [6.45, 7) is 2.24. The number of carbonyl (C=O) groups is 2. The van der Waals surface area contributed by atoms with Crippen molar-refractivity contribution < 1.29 is 19.4 Å². The van der Waals surface area contributed by atoms with Crippen LogP contribution in [0.5, 0.6) is 5.75 Å². The van der Waals surface area contributed by atoms with E-state index in [-0.39, 0.29) is 18.0 Å². The summed E-state index contributed by atoms with van der Waals surface area (Å²) < 4.78 is 5.36. The highest BCUT2D eigenvalue weighted by atomic mass is 16.5. The highest BCUT2D eigenvalue weighted by Gasteiger charge is 2.05. The Balaban J connectivity index is 2.16. The molecule has 0 aromatic heterocycles. The number of carbonyl (C=O) groups excluding carboxylic acids is 1. The lowest BCUT2D eigenvalue weighted by Crippen LogP contribution is -2.11. The number of carboxylic acids is 1. The summed E-state index contributed by atoms with van der Waals surface area (Å²) in [4.78, 5) is 22.4. The summed E-state index contributed by atoms with van der Waals surface area (Å²) in [5.41, 5.74) is 0.209. The van der Waals surface area contributed by atoms with Crippen molar-refractivity contribution in [1.82, 2.24) is 0 Å². The predicted octanol–water partition coefficient (Wildman–Crippen LogP) is 4.08. The number of hydrogen-bond donors (Lipinski definition) is 1. The van der Waals surface area contributed by atoms with Crippen LogP contribution in [-0.2, 0) is 4.79 Å². The molecule has 0 aliphatic rings. The van der Waals surface area contributed by atoms with Gasteiger partial charge in [0.2, 0.25) is 0 Å². The molecule has 4 heteroatoms. The highest BCUT2D eigenvalue weighted by molar-refractivity contribution is 5.87. The van der Waals surface area contributed by atoms with E-state index in [4.69, 9.17) is 9.84 Å². The summed E-state index contributed by atoms with van der Waals surface area (Å²) in [7, 11) is 0. The molecular weight excluding hydrogens is 268 g/mol. The van der Waals surface area contributed by atoms with E-state index in [2.05, 4.69) is 6.92 Å². The van der Waals surface area contributed by atoms with Gasteiger partial charge in [0.05, 0.1) is 5.56 Å². The lowest BCUT2D eigenvalue weighted by molar-refractivity contribution is -0.121. The lowest BCUT2D eigenvalue weighted by atomic mass is 10.1. The minimum Gasteiger partial charge on any atom is -0.486 e. The summed E-state index contributed by atoms with van der Waals surface area (Å²) in [6, 6.07) is 6.08. The zero-order valence-corrected chi connectivity index (χ0v) is 12.6. The number of aromatic carboxylic acids is 1. The molecule has 0 heterocycles. The number of carboxylic acid groups (broad SMARTS) is 1. The summed E-state index contributed by atoms with van der Waals surface area (Å²) >= 11 is 0. The molecule has 1 aromatic rings. The van der Waals surface area contributed by atoms with E-state index in [1.54, 1.807) is 12.1 Å². The van der Waals surface area contributed by atoms with Gasteiger partial charge in [-0.1, -0.05) is 39.0 Å². The second kappa shape index (κ2) is 9.97. The smallest absolute Gasteiger partial charge is 0.335 e. The maximum Gasteiger partial charge on any atom is 0.335 e. The first-order valence-corrected chi connectivity index (χ1v) is 7.61. The van der Waals surface area contributed by atoms with Gasteiger partial charge >= 0.3 is 5.97 Å². The molecular formula is C17H24O4. The average Bonchev–Trinajstić information content (AvgIpc) is 2.49. The van der Waals surface area contributed by atoms with Gasteiger partial charge in [0.15, 0.2) is 5.78 Å². The Morgan fingerprint density at radius 1 is 1.00 bits per heavy atom. The quantitative estimate of drug-likeness (QED) is 0.624. The molecule has 0 fully saturated rings. The van der Waals surface area contributed by atoms with Crippen LogP contribution in [0.4, 0.5) is 0 Å². The van der Waals surface area contributed by atoms with Crippen LogP contribution >= 0.6 is 0 Å². The van der Waals surface area contributed by atoms with E-state index in [1.807, 2.05) is 0 Å². The number of Topliss-reactive ketones (excluding diaryl/α,β-unsaturated/α-hetero) is 1. The van der Waals surface area contributed by atoms with E-state index >= 15 is 0 Å². The number of unbranched alkanes of at least 4 members (excludes halogenated alkanes) is 5. The maximum atomic E-state index is 11.7. The molecule has 1 aromatic carbocycles. The Bertz CT molecular complexity index is 437. The van der Waals surface area contributed by atoms with E-state index in [0.717, 1.165) is 12.8 Å². The van der Waals surface area contributed by atoms with Gasteiger partial charge in [-0.05, 0) is 30.7 Å². The van der Waals surface area contributed by atoms with E-state index in [9.17, 15) is 9.59 Å². The SMILES string of the molecule is CCCCCCCCC(=O)COc1ccc(C(=O)O)cc1. The summed E-state index contributed by atoms with van der Waals surface area (Å²) in [5.74, 6) is -0.357. The molecule has 0 atom stereocenters. The zero-order chi connectivity index (χ0) is 15.5. The molecule has 0 aliphatic carbocycles. The third kappa shape index (κ3) is 7.49. The third-order valence-corrected chi connectivity index (χ3v) is 3.31. The first kappa shape index (κ1) is 17.2. The van der Waals surface area contributed by atoms with Crippen molar-refractivity contribution in [3.05, 3.63) is 29.8 Å². The standard InChI is InChI=1S/C17H24O4/c1-2-3-4-5-6-7-8-15(18)13-21-16-11-9-14(10-12-16)17(19)20/h9-12H,2-8,13H2,1H3,(H,19,20).